The number of aliphatic hydroxyl groups is 1. The van der Waals surface area contributed by atoms with Crippen molar-refractivity contribution in [3.63, 3.8) is 0 Å². The third kappa shape index (κ3) is 54.0. The first-order valence-electron chi connectivity index (χ1n) is 30.2. The van der Waals surface area contributed by atoms with Gasteiger partial charge in [-0.1, -0.05) is 274 Å². The standard InChI is InChI=1S/C62H111O11P/c1-4-7-10-13-16-19-22-25-27-28-29-30-32-35-38-41-44-47-50-53-62(66)73-59(55-69-60(64)51-48-45-42-39-36-34-31-26-23-20-17-14-11-8-5-2)57-71-74(67,68)70-56-58(54-63)72-61(65)52-49-46-43-40-37-33-24-21-18-15-12-9-6-3/h8,11,17,20,26,31,36,39,45,48,58-59,63H,4-7,9-10,12-16,18-19,21-25,27-30,32-35,37-38,40-44,46-47,49-57H2,1-3H3,(H,67,68)/b11-8-,20-17-,31-26-,39-36-,48-45-. The summed E-state index contributed by atoms with van der Waals surface area (Å²) in [4.78, 5) is 48.5. The summed E-state index contributed by atoms with van der Waals surface area (Å²) in [5.74, 6) is -1.60. The highest BCUT2D eigenvalue weighted by Gasteiger charge is 2.28. The number of phosphoric ester groups is 1. The van der Waals surface area contributed by atoms with Crippen molar-refractivity contribution in [2.45, 2.75) is 290 Å². The third-order valence-corrected chi connectivity index (χ3v) is 13.9. The number of carbonyl (C=O) groups excluding carboxylic acids is 3. The van der Waals surface area contributed by atoms with Crippen molar-refractivity contribution in [3.05, 3.63) is 60.8 Å². The van der Waals surface area contributed by atoms with Crippen LogP contribution in [-0.4, -0.2) is 66.5 Å². The molecule has 0 fully saturated rings. The summed E-state index contributed by atoms with van der Waals surface area (Å²) in [6.07, 6.45) is 62.1. The zero-order valence-corrected chi connectivity index (χ0v) is 48.5. The van der Waals surface area contributed by atoms with Crippen molar-refractivity contribution < 1.29 is 52.2 Å². The van der Waals surface area contributed by atoms with Crippen LogP contribution in [0.15, 0.2) is 60.8 Å². The summed E-state index contributed by atoms with van der Waals surface area (Å²) in [5.41, 5.74) is 0. The first kappa shape index (κ1) is 71.2. The van der Waals surface area contributed by atoms with Gasteiger partial charge >= 0.3 is 25.7 Å². The molecule has 0 bridgehead atoms. The van der Waals surface area contributed by atoms with Gasteiger partial charge in [-0.05, 0) is 44.9 Å². The molecule has 3 unspecified atom stereocenters. The quantitative estimate of drug-likeness (QED) is 0.0197. The molecule has 2 N–H and O–H groups in total. The number of aliphatic hydroxyl groups excluding tert-OH is 1. The van der Waals surface area contributed by atoms with Crippen molar-refractivity contribution in [1.29, 1.82) is 0 Å². The van der Waals surface area contributed by atoms with E-state index in [-0.39, 0.29) is 25.9 Å². The van der Waals surface area contributed by atoms with Crippen LogP contribution in [-0.2, 0) is 42.2 Å². The van der Waals surface area contributed by atoms with Crippen molar-refractivity contribution in [2.75, 3.05) is 26.4 Å². The number of carbonyl (C=O) groups is 3. The largest absolute Gasteiger partial charge is 0.472 e. The predicted molar refractivity (Wildman–Crippen MR) is 307 cm³/mol. The van der Waals surface area contributed by atoms with Gasteiger partial charge in [0, 0.05) is 12.8 Å². The molecule has 0 heterocycles. The number of unbranched alkanes of at least 4 members (excludes halogenated alkanes) is 30. The Bertz CT molecular complexity index is 1470. The molecule has 0 aliphatic heterocycles. The molecule has 0 rings (SSSR count). The Morgan fingerprint density at radius 3 is 1.03 bits per heavy atom. The zero-order valence-electron chi connectivity index (χ0n) is 47.6. The molecule has 0 aliphatic rings. The van der Waals surface area contributed by atoms with Gasteiger partial charge in [0.15, 0.2) is 6.10 Å². The average Bonchev–Trinajstić information content (AvgIpc) is 3.39. The van der Waals surface area contributed by atoms with Crippen molar-refractivity contribution in [3.8, 4) is 0 Å². The molecule has 0 aromatic rings. The molecule has 0 radical (unpaired) electrons. The summed E-state index contributed by atoms with van der Waals surface area (Å²) < 4.78 is 39.4. The van der Waals surface area contributed by atoms with Gasteiger partial charge in [-0.2, -0.15) is 0 Å². The van der Waals surface area contributed by atoms with Crippen LogP contribution in [0.3, 0.4) is 0 Å². The smallest absolute Gasteiger partial charge is 0.461 e. The van der Waals surface area contributed by atoms with E-state index in [1.54, 1.807) is 6.08 Å². The van der Waals surface area contributed by atoms with Crippen LogP contribution in [0.4, 0.5) is 0 Å². The molecule has 11 nitrogen and oxygen atoms in total. The normalized spacial score (nSPS) is 13.7. The number of hydrogen-bond acceptors (Lipinski definition) is 10. The minimum absolute atomic E-state index is 0.00334. The number of allylic oxidation sites excluding steroid dienone is 9. The minimum Gasteiger partial charge on any atom is -0.461 e. The van der Waals surface area contributed by atoms with Crippen molar-refractivity contribution in [2.24, 2.45) is 0 Å². The van der Waals surface area contributed by atoms with Crippen LogP contribution in [0.2, 0.25) is 0 Å². The average molecular weight is 1060 g/mol. The van der Waals surface area contributed by atoms with E-state index < -0.39 is 57.8 Å². The highest BCUT2D eigenvalue weighted by atomic mass is 31.2. The summed E-state index contributed by atoms with van der Waals surface area (Å²) in [6, 6.07) is 0. The highest BCUT2D eigenvalue weighted by Crippen LogP contribution is 2.43. The van der Waals surface area contributed by atoms with Gasteiger partial charge in [0.25, 0.3) is 0 Å². The summed E-state index contributed by atoms with van der Waals surface area (Å²) in [6.45, 7) is 4.46. The molecule has 12 heteroatoms. The van der Waals surface area contributed by atoms with E-state index in [9.17, 15) is 28.9 Å². The number of ether oxygens (including phenoxy) is 3. The van der Waals surface area contributed by atoms with Gasteiger partial charge in [-0.3, -0.25) is 23.4 Å². The molecule has 0 amide bonds. The molecule has 0 spiro atoms. The third-order valence-electron chi connectivity index (χ3n) is 13.0. The lowest BCUT2D eigenvalue weighted by molar-refractivity contribution is -0.161. The van der Waals surface area contributed by atoms with Gasteiger partial charge < -0.3 is 24.2 Å². The second kappa shape index (κ2) is 56.4. The monoisotopic (exact) mass is 1060 g/mol. The fraction of sp³-hybridized carbons (Fsp3) is 0.790. The van der Waals surface area contributed by atoms with E-state index in [2.05, 4.69) is 63.3 Å². The first-order valence-corrected chi connectivity index (χ1v) is 31.7. The van der Waals surface area contributed by atoms with E-state index in [0.29, 0.717) is 19.3 Å². The molecular weight excluding hydrogens is 952 g/mol. The van der Waals surface area contributed by atoms with Crippen LogP contribution in [0.25, 0.3) is 0 Å². The van der Waals surface area contributed by atoms with Gasteiger partial charge in [0.05, 0.1) is 26.2 Å². The predicted octanol–water partition coefficient (Wildman–Crippen LogP) is 17.9. The maximum Gasteiger partial charge on any atom is 0.472 e. The van der Waals surface area contributed by atoms with Crippen molar-refractivity contribution >= 4 is 25.7 Å². The molecule has 0 aliphatic carbocycles. The van der Waals surface area contributed by atoms with Crippen LogP contribution in [0, 0.1) is 0 Å². The number of esters is 3. The first-order chi connectivity index (χ1) is 36.2. The number of rotatable bonds is 56. The molecule has 0 aromatic heterocycles. The van der Waals surface area contributed by atoms with Gasteiger partial charge in [0.1, 0.15) is 12.7 Å². The number of hydrogen-bond donors (Lipinski definition) is 2. The lowest BCUT2D eigenvalue weighted by Gasteiger charge is -2.21. The SMILES string of the molecule is CC/C=C\C/C=C\C/C=C\C/C=C\C/C=C\CC(=O)OCC(COP(=O)(O)OCC(CO)OC(=O)CCCCCCCCCCCCCCC)OC(=O)CCCCCCCCCCCCCCCCCCCCC. The van der Waals surface area contributed by atoms with Crippen LogP contribution < -0.4 is 0 Å². The fourth-order valence-electron chi connectivity index (χ4n) is 8.43. The number of phosphoric acid groups is 1. The highest BCUT2D eigenvalue weighted by molar-refractivity contribution is 7.47. The lowest BCUT2D eigenvalue weighted by atomic mass is 10.0. The maximum absolute atomic E-state index is 12.9. The van der Waals surface area contributed by atoms with E-state index in [1.807, 2.05) is 12.2 Å². The maximum atomic E-state index is 12.9. The fourth-order valence-corrected chi connectivity index (χ4v) is 9.22. The summed E-state index contributed by atoms with van der Waals surface area (Å²) >= 11 is 0. The van der Waals surface area contributed by atoms with E-state index in [0.717, 1.165) is 64.2 Å². The summed E-state index contributed by atoms with van der Waals surface area (Å²) in [5, 5.41) is 9.81. The van der Waals surface area contributed by atoms with Crippen molar-refractivity contribution in [1.82, 2.24) is 0 Å². The lowest BCUT2D eigenvalue weighted by Crippen LogP contribution is -2.30. The second-order valence-electron chi connectivity index (χ2n) is 20.2. The van der Waals surface area contributed by atoms with Gasteiger partial charge in [-0.25, -0.2) is 4.57 Å². The molecular formula is C62H111O11P. The Balaban J connectivity index is 4.76. The molecule has 0 saturated heterocycles. The Morgan fingerprint density at radius 2 is 0.689 bits per heavy atom. The van der Waals surface area contributed by atoms with Crippen LogP contribution >= 0.6 is 7.82 Å². The van der Waals surface area contributed by atoms with Gasteiger partial charge in [-0.15, -0.1) is 0 Å². The van der Waals surface area contributed by atoms with E-state index in [1.165, 1.54) is 154 Å². The Hall–Kier alpha value is -2.82. The molecule has 0 saturated carbocycles. The summed E-state index contributed by atoms with van der Waals surface area (Å²) in [7, 11) is -4.76. The second-order valence-corrected chi connectivity index (χ2v) is 21.6. The topological polar surface area (TPSA) is 155 Å². The zero-order chi connectivity index (χ0) is 54.1. The van der Waals surface area contributed by atoms with Crippen LogP contribution in [0.5, 0.6) is 0 Å². The van der Waals surface area contributed by atoms with Crippen LogP contribution in [0.1, 0.15) is 278 Å². The molecule has 0 aromatic carbocycles. The molecule has 430 valence electrons. The molecule has 74 heavy (non-hydrogen) atoms. The van der Waals surface area contributed by atoms with E-state index in [4.69, 9.17) is 23.3 Å². The van der Waals surface area contributed by atoms with Gasteiger partial charge in [0.2, 0.25) is 0 Å². The molecule has 3 atom stereocenters. The van der Waals surface area contributed by atoms with E-state index >= 15 is 0 Å². The Labute approximate surface area is 453 Å². The minimum atomic E-state index is -4.76. The Morgan fingerprint density at radius 1 is 0.392 bits per heavy atom. The Kier molecular flexibility index (Phi) is 54.2.